The van der Waals surface area contributed by atoms with Crippen LogP contribution in [0.4, 0.5) is 0 Å². The lowest BCUT2D eigenvalue weighted by Gasteiger charge is -2.23. The maximum Gasteiger partial charge on any atom is 0.229 e. The van der Waals surface area contributed by atoms with E-state index in [0.717, 1.165) is 51.0 Å². The Morgan fingerprint density at radius 3 is 2.95 bits per heavy atom. The summed E-state index contributed by atoms with van der Waals surface area (Å²) in [6.45, 7) is 0.823. The molecule has 1 amide bonds. The molecule has 1 aliphatic heterocycles. The monoisotopic (exact) mass is 301 g/mol. The predicted molar refractivity (Wildman–Crippen MR) is 81.1 cm³/mol. The van der Waals surface area contributed by atoms with Gasteiger partial charge in [0.25, 0.3) is 0 Å². The van der Waals surface area contributed by atoms with E-state index in [1.54, 1.807) is 0 Å². The van der Waals surface area contributed by atoms with Crippen LogP contribution >= 0.6 is 0 Å². The highest BCUT2D eigenvalue weighted by Gasteiger charge is 2.36. The molecule has 0 N–H and O–H groups in total. The van der Waals surface area contributed by atoms with Gasteiger partial charge in [-0.3, -0.25) is 4.79 Å². The highest BCUT2D eigenvalue weighted by Crippen LogP contribution is 2.40. The third kappa shape index (κ3) is 2.81. The first-order valence-electron chi connectivity index (χ1n) is 8.62. The molecule has 2 fully saturated rings. The van der Waals surface area contributed by atoms with Crippen LogP contribution < -0.4 is 0 Å². The minimum atomic E-state index is 0.0212. The van der Waals surface area contributed by atoms with Crippen LogP contribution in [0.25, 0.3) is 0 Å². The van der Waals surface area contributed by atoms with Crippen LogP contribution in [0.1, 0.15) is 81.5 Å². The summed E-state index contributed by atoms with van der Waals surface area (Å²) in [5, 5.41) is 4.14. The van der Waals surface area contributed by atoms with Gasteiger partial charge in [-0.25, -0.2) is 0 Å². The topological polar surface area (TPSA) is 59.2 Å². The first kappa shape index (κ1) is 14.0. The molecule has 118 valence electrons. The molecule has 0 unspecified atom stereocenters. The number of amides is 1. The highest BCUT2D eigenvalue weighted by molar-refractivity contribution is 5.79. The van der Waals surface area contributed by atoms with Crippen molar-refractivity contribution in [3.63, 3.8) is 0 Å². The quantitative estimate of drug-likeness (QED) is 0.799. The van der Waals surface area contributed by atoms with Gasteiger partial charge in [-0.05, 0) is 51.4 Å². The minimum Gasteiger partial charge on any atom is -0.339 e. The zero-order chi connectivity index (χ0) is 14.9. The summed E-state index contributed by atoms with van der Waals surface area (Å²) in [4.78, 5) is 19.2. The van der Waals surface area contributed by atoms with E-state index in [9.17, 15) is 4.79 Å². The molecule has 2 aliphatic carbocycles. The number of allylic oxidation sites excluding steroid dienone is 1. The Morgan fingerprint density at radius 2 is 2.18 bits per heavy atom. The number of rotatable bonds is 4. The van der Waals surface area contributed by atoms with Crippen molar-refractivity contribution in [3.05, 3.63) is 23.4 Å². The Morgan fingerprint density at radius 1 is 1.27 bits per heavy atom. The zero-order valence-electron chi connectivity index (χ0n) is 13.0. The summed E-state index contributed by atoms with van der Waals surface area (Å²) in [6, 6.07) is 0.0212. The van der Waals surface area contributed by atoms with Crippen molar-refractivity contribution in [2.45, 2.75) is 69.7 Å². The van der Waals surface area contributed by atoms with E-state index in [1.807, 2.05) is 4.90 Å². The molecule has 3 aliphatic rings. The number of hydrogen-bond acceptors (Lipinski definition) is 4. The molecular formula is C17H23N3O2. The van der Waals surface area contributed by atoms with Crippen molar-refractivity contribution >= 4 is 5.91 Å². The van der Waals surface area contributed by atoms with Gasteiger partial charge in [0.2, 0.25) is 11.8 Å². The number of hydrogen-bond donors (Lipinski definition) is 0. The second kappa shape index (κ2) is 5.86. The molecule has 1 saturated heterocycles. The van der Waals surface area contributed by atoms with Crippen LogP contribution in [0.5, 0.6) is 0 Å². The fourth-order valence-corrected chi connectivity index (χ4v) is 3.57. The molecule has 4 rings (SSSR count). The van der Waals surface area contributed by atoms with Gasteiger partial charge in [-0.2, -0.15) is 4.98 Å². The van der Waals surface area contributed by atoms with Crippen LogP contribution in [-0.4, -0.2) is 27.5 Å². The van der Waals surface area contributed by atoms with Gasteiger partial charge in [0, 0.05) is 18.9 Å². The van der Waals surface area contributed by atoms with Crippen molar-refractivity contribution in [2.75, 3.05) is 6.54 Å². The summed E-state index contributed by atoms with van der Waals surface area (Å²) < 4.78 is 5.37. The van der Waals surface area contributed by atoms with E-state index >= 15 is 0 Å². The van der Waals surface area contributed by atoms with E-state index in [-0.39, 0.29) is 11.9 Å². The van der Waals surface area contributed by atoms with E-state index < -0.39 is 0 Å². The van der Waals surface area contributed by atoms with Gasteiger partial charge in [-0.15, -0.1) is 0 Å². The third-order valence-corrected chi connectivity index (χ3v) is 5.02. The lowest BCUT2D eigenvalue weighted by atomic mass is 9.97. The van der Waals surface area contributed by atoms with E-state index in [2.05, 4.69) is 16.2 Å². The fourth-order valence-electron chi connectivity index (χ4n) is 3.57. The van der Waals surface area contributed by atoms with Crippen molar-refractivity contribution in [1.82, 2.24) is 15.0 Å². The third-order valence-electron chi connectivity index (χ3n) is 5.02. The predicted octanol–water partition coefficient (Wildman–Crippen LogP) is 3.50. The van der Waals surface area contributed by atoms with Crippen molar-refractivity contribution < 1.29 is 9.32 Å². The van der Waals surface area contributed by atoms with Crippen LogP contribution in [0.3, 0.4) is 0 Å². The molecule has 2 heterocycles. The maximum atomic E-state index is 12.6. The second-order valence-electron chi connectivity index (χ2n) is 6.80. The Kier molecular flexibility index (Phi) is 3.72. The van der Waals surface area contributed by atoms with Crippen LogP contribution in [-0.2, 0) is 4.79 Å². The molecule has 0 spiro atoms. The van der Waals surface area contributed by atoms with Gasteiger partial charge in [-0.1, -0.05) is 16.8 Å². The van der Waals surface area contributed by atoms with E-state index in [0.29, 0.717) is 18.2 Å². The maximum absolute atomic E-state index is 12.6. The molecule has 5 nitrogen and oxygen atoms in total. The number of nitrogens with zero attached hydrogens (tertiary/aromatic N) is 3. The average Bonchev–Trinajstić information content (AvgIpc) is 3.08. The normalized spacial score (nSPS) is 25.4. The number of aromatic nitrogens is 2. The standard InChI is InChI=1S/C17H23N3O2/c21-15(11-12-5-2-1-3-6-12)20-10-4-7-14(20)16-18-17(22-19-16)13-8-9-13/h5,13-14H,1-4,6-11H2/t14-/m0/s1. The average molecular weight is 301 g/mol. The molecule has 0 bridgehead atoms. The molecule has 1 aromatic heterocycles. The number of carbonyl (C=O) groups is 1. The smallest absolute Gasteiger partial charge is 0.229 e. The molecule has 1 aromatic rings. The molecule has 0 aromatic carbocycles. The van der Waals surface area contributed by atoms with Gasteiger partial charge >= 0.3 is 0 Å². The summed E-state index contributed by atoms with van der Waals surface area (Å²) in [6.07, 6.45) is 11.8. The Bertz CT molecular complexity index is 588. The Hall–Kier alpha value is -1.65. The number of carbonyl (C=O) groups excluding carboxylic acids is 1. The first-order valence-corrected chi connectivity index (χ1v) is 8.62. The summed E-state index contributed by atoms with van der Waals surface area (Å²) in [5.74, 6) is 2.18. The van der Waals surface area contributed by atoms with Gasteiger partial charge in [0.05, 0.1) is 6.04 Å². The van der Waals surface area contributed by atoms with E-state index in [1.165, 1.54) is 18.4 Å². The SMILES string of the molecule is O=C(CC1=CCCCC1)N1CCC[C@H]1c1noc(C2CC2)n1. The molecule has 22 heavy (non-hydrogen) atoms. The van der Waals surface area contributed by atoms with E-state index in [4.69, 9.17) is 4.52 Å². The Labute approximate surface area is 130 Å². The van der Waals surface area contributed by atoms with Gasteiger partial charge < -0.3 is 9.42 Å². The fraction of sp³-hybridized carbons (Fsp3) is 0.706. The summed E-state index contributed by atoms with van der Waals surface area (Å²) in [5.41, 5.74) is 1.31. The molecule has 0 radical (unpaired) electrons. The lowest BCUT2D eigenvalue weighted by Crippen LogP contribution is -2.31. The first-order chi connectivity index (χ1) is 10.8. The van der Waals surface area contributed by atoms with Crippen molar-refractivity contribution in [3.8, 4) is 0 Å². The zero-order valence-corrected chi connectivity index (χ0v) is 13.0. The molecule has 1 saturated carbocycles. The van der Waals surface area contributed by atoms with Crippen LogP contribution in [0, 0.1) is 0 Å². The summed E-state index contributed by atoms with van der Waals surface area (Å²) in [7, 11) is 0. The van der Waals surface area contributed by atoms with Crippen molar-refractivity contribution in [2.24, 2.45) is 0 Å². The Balaban J connectivity index is 1.45. The summed E-state index contributed by atoms with van der Waals surface area (Å²) >= 11 is 0. The largest absolute Gasteiger partial charge is 0.339 e. The molecular weight excluding hydrogens is 278 g/mol. The minimum absolute atomic E-state index is 0.0212. The highest BCUT2D eigenvalue weighted by atomic mass is 16.5. The van der Waals surface area contributed by atoms with Gasteiger partial charge in [0.15, 0.2) is 5.82 Å². The van der Waals surface area contributed by atoms with Crippen molar-refractivity contribution in [1.29, 1.82) is 0 Å². The van der Waals surface area contributed by atoms with Gasteiger partial charge in [0.1, 0.15) is 0 Å². The number of likely N-dealkylation sites (tertiary alicyclic amines) is 1. The second-order valence-corrected chi connectivity index (χ2v) is 6.80. The molecule has 5 heteroatoms. The van der Waals surface area contributed by atoms with Crippen LogP contribution in [0.2, 0.25) is 0 Å². The lowest BCUT2D eigenvalue weighted by molar-refractivity contribution is -0.131. The molecule has 1 atom stereocenters. The van der Waals surface area contributed by atoms with Crippen LogP contribution in [0.15, 0.2) is 16.2 Å².